The summed E-state index contributed by atoms with van der Waals surface area (Å²) in [6.07, 6.45) is 6.79. The normalized spacial score (nSPS) is 19.8. The van der Waals surface area contributed by atoms with Gasteiger partial charge in [-0.2, -0.15) is 5.10 Å². The van der Waals surface area contributed by atoms with Gasteiger partial charge in [-0.05, 0) is 76.7 Å². The Hall–Kier alpha value is -3.12. The van der Waals surface area contributed by atoms with Gasteiger partial charge in [-0.25, -0.2) is 14.1 Å². The number of aromatic nitrogens is 4. The molecule has 3 aromatic heterocycles. The van der Waals surface area contributed by atoms with Gasteiger partial charge in [0.15, 0.2) is 12.0 Å². The van der Waals surface area contributed by atoms with Crippen LogP contribution in [0.3, 0.4) is 0 Å². The second kappa shape index (κ2) is 12.7. The standard InChI is InChI=1S/C33H45FN6O3Si/c1-22-9-8-13-38(22)20-29-32(34)26-19-35-30(18-28(26)39(29)21-42-15-16-44(3,4)5)36-33(41)24-11-12-27-25(17-24)23(2)37-40(27)31-10-6-7-14-43-31/h11-12,17-19,22,31H,6-10,13-16,20-21H2,1-5H3,(H,35,36,41)/t22-,31?/m0/s1. The molecule has 0 saturated carbocycles. The van der Waals surface area contributed by atoms with Gasteiger partial charge in [0, 0.05) is 57.1 Å². The summed E-state index contributed by atoms with van der Waals surface area (Å²) in [5.74, 6) is -0.179. The van der Waals surface area contributed by atoms with E-state index in [0.717, 1.165) is 67.9 Å². The van der Waals surface area contributed by atoms with Crippen molar-refractivity contribution in [2.45, 2.75) is 97.2 Å². The molecular weight excluding hydrogens is 575 g/mol. The third-order valence-corrected chi connectivity index (χ3v) is 10.8. The van der Waals surface area contributed by atoms with Crippen molar-refractivity contribution in [3.63, 3.8) is 0 Å². The fourth-order valence-corrected chi connectivity index (χ4v) is 7.10. The van der Waals surface area contributed by atoms with E-state index in [9.17, 15) is 4.79 Å². The first-order valence-corrected chi connectivity index (χ1v) is 19.7. The van der Waals surface area contributed by atoms with Crippen LogP contribution in [0.1, 0.15) is 67.0 Å². The van der Waals surface area contributed by atoms with Gasteiger partial charge in [0.1, 0.15) is 12.5 Å². The van der Waals surface area contributed by atoms with E-state index in [2.05, 4.69) is 41.8 Å². The Morgan fingerprint density at radius 3 is 2.70 bits per heavy atom. The van der Waals surface area contributed by atoms with Crippen LogP contribution >= 0.6 is 0 Å². The van der Waals surface area contributed by atoms with Crippen LogP contribution in [0.25, 0.3) is 21.8 Å². The maximum Gasteiger partial charge on any atom is 0.256 e. The molecule has 1 amide bonds. The van der Waals surface area contributed by atoms with Crippen LogP contribution in [0.5, 0.6) is 0 Å². The van der Waals surface area contributed by atoms with E-state index in [4.69, 9.17) is 14.6 Å². The molecule has 236 valence electrons. The van der Waals surface area contributed by atoms with E-state index in [0.29, 0.717) is 47.2 Å². The lowest BCUT2D eigenvalue weighted by Crippen LogP contribution is -2.28. The summed E-state index contributed by atoms with van der Waals surface area (Å²) in [5, 5.41) is 9.04. The molecule has 5 heterocycles. The van der Waals surface area contributed by atoms with Crippen molar-refractivity contribution in [2.75, 3.05) is 25.1 Å². The molecule has 0 bridgehead atoms. The molecular formula is C33H45FN6O3Si. The highest BCUT2D eigenvalue weighted by Gasteiger charge is 2.26. The number of fused-ring (bicyclic) bond motifs is 2. The zero-order valence-electron chi connectivity index (χ0n) is 26.7. The van der Waals surface area contributed by atoms with Crippen molar-refractivity contribution < 1.29 is 18.7 Å². The third kappa shape index (κ3) is 6.47. The second-order valence-electron chi connectivity index (χ2n) is 13.6. The lowest BCUT2D eigenvalue weighted by atomic mass is 10.1. The van der Waals surface area contributed by atoms with E-state index in [-0.39, 0.29) is 24.7 Å². The summed E-state index contributed by atoms with van der Waals surface area (Å²) in [7, 11) is -1.27. The predicted molar refractivity (Wildman–Crippen MR) is 174 cm³/mol. The van der Waals surface area contributed by atoms with Gasteiger partial charge in [0.2, 0.25) is 0 Å². The molecule has 2 fully saturated rings. The summed E-state index contributed by atoms with van der Waals surface area (Å²) >= 11 is 0. The first kappa shape index (κ1) is 30.9. The SMILES string of the molecule is Cc1nn(C2CCCCO2)c2ccc(C(=O)Nc3cc4c(cn3)c(F)c(CN3CCC[C@@H]3C)n4COCC[Si](C)(C)C)cc12. The van der Waals surface area contributed by atoms with E-state index in [1.165, 1.54) is 6.20 Å². The molecule has 6 rings (SSSR count). The van der Waals surface area contributed by atoms with Gasteiger partial charge >= 0.3 is 0 Å². The highest BCUT2D eigenvalue weighted by atomic mass is 28.3. The average molecular weight is 621 g/mol. The molecule has 44 heavy (non-hydrogen) atoms. The maximum absolute atomic E-state index is 15.9. The molecule has 0 radical (unpaired) electrons. The molecule has 0 spiro atoms. The largest absolute Gasteiger partial charge is 0.361 e. The molecule has 1 unspecified atom stereocenters. The predicted octanol–water partition coefficient (Wildman–Crippen LogP) is 7.08. The number of ether oxygens (including phenoxy) is 2. The van der Waals surface area contributed by atoms with Crippen LogP contribution in [-0.4, -0.2) is 64.0 Å². The van der Waals surface area contributed by atoms with E-state index >= 15 is 4.39 Å². The zero-order chi connectivity index (χ0) is 31.0. The lowest BCUT2D eigenvalue weighted by Gasteiger charge is -2.23. The van der Waals surface area contributed by atoms with Crippen LogP contribution in [0.4, 0.5) is 10.2 Å². The first-order chi connectivity index (χ1) is 21.1. The molecule has 2 aliphatic rings. The molecule has 1 aromatic carbocycles. The van der Waals surface area contributed by atoms with Crippen molar-refractivity contribution >= 4 is 41.6 Å². The van der Waals surface area contributed by atoms with Crippen LogP contribution in [0.15, 0.2) is 30.5 Å². The number of carbonyl (C=O) groups excluding carboxylic acids is 1. The molecule has 11 heteroatoms. The number of nitrogens with zero attached hydrogens (tertiary/aromatic N) is 5. The maximum atomic E-state index is 15.9. The summed E-state index contributed by atoms with van der Waals surface area (Å²) in [6, 6.07) is 8.81. The minimum atomic E-state index is -1.27. The van der Waals surface area contributed by atoms with Gasteiger partial charge in [0.05, 0.1) is 27.8 Å². The molecule has 2 saturated heterocycles. The number of likely N-dealkylation sites (tertiary alicyclic amines) is 1. The number of carbonyl (C=O) groups is 1. The quantitative estimate of drug-likeness (QED) is 0.151. The Kier molecular flexibility index (Phi) is 8.92. The van der Waals surface area contributed by atoms with Crippen molar-refractivity contribution in [3.05, 3.63) is 53.2 Å². The molecule has 1 N–H and O–H groups in total. The molecule has 2 atom stereocenters. The van der Waals surface area contributed by atoms with Gasteiger partial charge in [0.25, 0.3) is 5.91 Å². The van der Waals surface area contributed by atoms with Crippen molar-refractivity contribution in [2.24, 2.45) is 0 Å². The van der Waals surface area contributed by atoms with E-state index in [1.807, 2.05) is 28.3 Å². The number of aryl methyl sites for hydroxylation is 1. The molecule has 9 nitrogen and oxygen atoms in total. The van der Waals surface area contributed by atoms with Gasteiger partial charge in [-0.1, -0.05) is 19.6 Å². The van der Waals surface area contributed by atoms with E-state index < -0.39 is 8.07 Å². The van der Waals surface area contributed by atoms with Crippen molar-refractivity contribution in [1.29, 1.82) is 0 Å². The number of pyridine rings is 1. The second-order valence-corrected chi connectivity index (χ2v) is 19.2. The van der Waals surface area contributed by atoms with E-state index in [1.54, 1.807) is 12.1 Å². The monoisotopic (exact) mass is 620 g/mol. The van der Waals surface area contributed by atoms with Gasteiger partial charge < -0.3 is 19.4 Å². The molecule has 4 aromatic rings. The number of hydrogen-bond donors (Lipinski definition) is 1. The van der Waals surface area contributed by atoms with Crippen LogP contribution in [0, 0.1) is 12.7 Å². The number of halogens is 1. The molecule has 0 aliphatic carbocycles. The Morgan fingerprint density at radius 2 is 1.98 bits per heavy atom. The fourth-order valence-electron chi connectivity index (χ4n) is 6.34. The van der Waals surface area contributed by atoms with Crippen LogP contribution < -0.4 is 5.32 Å². The highest BCUT2D eigenvalue weighted by molar-refractivity contribution is 6.76. The van der Waals surface area contributed by atoms with Crippen molar-refractivity contribution in [3.8, 4) is 0 Å². The Bertz CT molecular complexity index is 1650. The Morgan fingerprint density at radius 1 is 1.14 bits per heavy atom. The molecule has 2 aliphatic heterocycles. The number of amides is 1. The van der Waals surface area contributed by atoms with Gasteiger partial charge in [-0.15, -0.1) is 0 Å². The highest BCUT2D eigenvalue weighted by Crippen LogP contribution is 2.31. The number of anilines is 1. The summed E-state index contributed by atoms with van der Waals surface area (Å²) in [6.45, 7) is 14.2. The first-order valence-electron chi connectivity index (χ1n) is 16.0. The summed E-state index contributed by atoms with van der Waals surface area (Å²) in [5.41, 5.74) is 3.58. The number of hydrogen-bond acceptors (Lipinski definition) is 6. The zero-order valence-corrected chi connectivity index (χ0v) is 27.7. The Balaban J connectivity index is 1.26. The Labute approximate surface area is 259 Å². The topological polar surface area (TPSA) is 86.4 Å². The van der Waals surface area contributed by atoms with Crippen molar-refractivity contribution in [1.82, 2.24) is 24.2 Å². The van der Waals surface area contributed by atoms with Gasteiger partial charge in [-0.3, -0.25) is 9.69 Å². The number of benzene rings is 1. The van der Waals surface area contributed by atoms with Crippen LogP contribution in [0.2, 0.25) is 25.7 Å². The summed E-state index contributed by atoms with van der Waals surface area (Å²) < 4.78 is 31.9. The third-order valence-electron chi connectivity index (χ3n) is 9.07. The fraction of sp³-hybridized carbons (Fsp3) is 0.545. The smallest absolute Gasteiger partial charge is 0.256 e. The number of rotatable bonds is 10. The average Bonchev–Trinajstić information content (AvgIpc) is 3.64. The lowest BCUT2D eigenvalue weighted by molar-refractivity contribution is -0.0368. The minimum absolute atomic E-state index is 0.0784. The minimum Gasteiger partial charge on any atom is -0.361 e. The summed E-state index contributed by atoms with van der Waals surface area (Å²) in [4.78, 5) is 20.2. The van der Waals surface area contributed by atoms with Crippen LogP contribution in [-0.2, 0) is 22.7 Å². The number of nitrogens with one attached hydrogen (secondary N) is 1.